The summed E-state index contributed by atoms with van der Waals surface area (Å²) in [5, 5.41) is 1.79. The first-order chi connectivity index (χ1) is 7.25. The van der Waals surface area contributed by atoms with E-state index in [1.807, 2.05) is 19.1 Å². The fraction of sp³-hybridized carbons (Fsp3) is 0.250. The van der Waals surface area contributed by atoms with E-state index in [2.05, 4.69) is 11.1 Å². The highest BCUT2D eigenvalue weighted by atomic mass is 35.5. The molecule has 15 heavy (non-hydrogen) atoms. The molecule has 3 rings (SSSR count). The first kappa shape index (κ1) is 8.98. The summed E-state index contributed by atoms with van der Waals surface area (Å²) >= 11 is 6.15. The number of hydrogen-bond donors (Lipinski definition) is 0. The molecule has 76 valence electrons. The summed E-state index contributed by atoms with van der Waals surface area (Å²) in [5.74, 6) is 0.771. The van der Waals surface area contributed by atoms with Crippen LogP contribution in [0.1, 0.15) is 11.1 Å². The smallest absolute Gasteiger partial charge is 0.217 e. The van der Waals surface area contributed by atoms with Gasteiger partial charge in [-0.25, -0.2) is 4.98 Å². The number of rotatable bonds is 0. The first-order valence-corrected chi connectivity index (χ1v) is 5.35. The van der Waals surface area contributed by atoms with Gasteiger partial charge in [0, 0.05) is 22.4 Å². The zero-order valence-corrected chi connectivity index (χ0v) is 9.14. The van der Waals surface area contributed by atoms with Crippen molar-refractivity contribution in [3.63, 3.8) is 0 Å². The Bertz CT molecular complexity index is 502. The van der Waals surface area contributed by atoms with E-state index in [4.69, 9.17) is 16.3 Å². The Labute approximate surface area is 92.8 Å². The molecule has 1 aliphatic rings. The van der Waals surface area contributed by atoms with Gasteiger partial charge in [0.25, 0.3) is 0 Å². The third kappa shape index (κ3) is 1.29. The van der Waals surface area contributed by atoms with Gasteiger partial charge in [-0.15, -0.1) is 0 Å². The number of nitrogens with zero attached hydrogens (tertiary/aromatic N) is 1. The monoisotopic (exact) mass is 219 g/mol. The van der Waals surface area contributed by atoms with Gasteiger partial charge in [0.1, 0.15) is 0 Å². The second-order valence-electron chi connectivity index (χ2n) is 3.81. The molecule has 0 unspecified atom stereocenters. The Balaban J connectivity index is 2.42. The molecular weight excluding hydrogens is 210 g/mol. The predicted octanol–water partition coefficient (Wildman–Crippen LogP) is 3.13. The van der Waals surface area contributed by atoms with Crippen LogP contribution in [0.4, 0.5) is 0 Å². The number of fused-ring (bicyclic) bond motifs is 2. The topological polar surface area (TPSA) is 22.1 Å². The lowest BCUT2D eigenvalue weighted by Gasteiger charge is -2.05. The van der Waals surface area contributed by atoms with Gasteiger partial charge < -0.3 is 4.74 Å². The van der Waals surface area contributed by atoms with Crippen LogP contribution in [0, 0.1) is 6.92 Å². The van der Waals surface area contributed by atoms with Gasteiger partial charge in [-0.3, -0.25) is 0 Å². The molecule has 1 aromatic carbocycles. The average molecular weight is 220 g/mol. The Kier molecular flexibility index (Phi) is 1.86. The van der Waals surface area contributed by atoms with Crippen LogP contribution < -0.4 is 4.74 Å². The highest BCUT2D eigenvalue weighted by Gasteiger charge is 2.16. The van der Waals surface area contributed by atoms with E-state index in [-0.39, 0.29) is 0 Å². The molecule has 2 heterocycles. The second-order valence-corrected chi connectivity index (χ2v) is 4.22. The van der Waals surface area contributed by atoms with E-state index in [9.17, 15) is 0 Å². The standard InChI is InChI=1S/C12H10ClNO/c1-7-2-3-10(13)9-6-8-4-5-15-12(8)14-11(7)9/h2-3,6H,4-5H2,1H3. The van der Waals surface area contributed by atoms with Crippen LogP contribution in [0.15, 0.2) is 18.2 Å². The number of hydrogen-bond acceptors (Lipinski definition) is 2. The zero-order valence-electron chi connectivity index (χ0n) is 8.38. The highest BCUT2D eigenvalue weighted by molar-refractivity contribution is 6.35. The summed E-state index contributed by atoms with van der Waals surface area (Å²) in [6.07, 6.45) is 0.933. The van der Waals surface area contributed by atoms with E-state index < -0.39 is 0 Å². The van der Waals surface area contributed by atoms with Crippen molar-refractivity contribution < 1.29 is 4.74 Å². The van der Waals surface area contributed by atoms with Crippen molar-refractivity contribution in [2.45, 2.75) is 13.3 Å². The van der Waals surface area contributed by atoms with Gasteiger partial charge in [-0.2, -0.15) is 0 Å². The van der Waals surface area contributed by atoms with Crippen molar-refractivity contribution in [1.82, 2.24) is 4.98 Å². The quantitative estimate of drug-likeness (QED) is 0.679. The van der Waals surface area contributed by atoms with Crippen LogP contribution in [-0.4, -0.2) is 11.6 Å². The van der Waals surface area contributed by atoms with Gasteiger partial charge in [0.15, 0.2) is 0 Å². The molecule has 0 N–H and O–H groups in total. The summed E-state index contributed by atoms with van der Waals surface area (Å²) in [4.78, 5) is 4.51. The molecular formula is C12H10ClNO. The maximum atomic E-state index is 6.15. The zero-order chi connectivity index (χ0) is 10.4. The van der Waals surface area contributed by atoms with Gasteiger partial charge in [0.05, 0.1) is 12.1 Å². The molecule has 0 amide bonds. The number of pyridine rings is 1. The number of benzene rings is 1. The third-order valence-corrected chi connectivity index (χ3v) is 3.11. The minimum absolute atomic E-state index is 0.731. The van der Waals surface area contributed by atoms with E-state index in [1.54, 1.807) is 0 Å². The molecule has 3 heteroatoms. The van der Waals surface area contributed by atoms with Crippen LogP contribution in [0.3, 0.4) is 0 Å². The first-order valence-electron chi connectivity index (χ1n) is 4.97. The molecule has 0 saturated carbocycles. The van der Waals surface area contributed by atoms with Gasteiger partial charge in [0.2, 0.25) is 5.88 Å². The summed E-state index contributed by atoms with van der Waals surface area (Å²) in [6.45, 7) is 2.77. The lowest BCUT2D eigenvalue weighted by Crippen LogP contribution is -1.90. The Hall–Kier alpha value is -1.28. The Morgan fingerprint density at radius 1 is 1.40 bits per heavy atom. The number of halogens is 1. The molecule has 1 aromatic heterocycles. The molecule has 0 fully saturated rings. The van der Waals surface area contributed by atoms with Crippen molar-refractivity contribution in [2.24, 2.45) is 0 Å². The highest BCUT2D eigenvalue weighted by Crippen LogP contribution is 2.32. The lowest BCUT2D eigenvalue weighted by atomic mass is 10.1. The maximum absolute atomic E-state index is 6.15. The average Bonchev–Trinajstić information content (AvgIpc) is 2.69. The van der Waals surface area contributed by atoms with Crippen LogP contribution in [0.5, 0.6) is 5.88 Å². The summed E-state index contributed by atoms with van der Waals surface area (Å²) < 4.78 is 5.45. The molecule has 0 spiro atoms. The van der Waals surface area contributed by atoms with Crippen molar-refractivity contribution in [3.05, 3.63) is 34.3 Å². The van der Waals surface area contributed by atoms with E-state index in [0.29, 0.717) is 0 Å². The van der Waals surface area contributed by atoms with Crippen LogP contribution in [-0.2, 0) is 6.42 Å². The van der Waals surface area contributed by atoms with Crippen LogP contribution >= 0.6 is 11.6 Å². The van der Waals surface area contributed by atoms with E-state index in [0.717, 1.165) is 46.0 Å². The van der Waals surface area contributed by atoms with Crippen molar-refractivity contribution >= 4 is 22.5 Å². The van der Waals surface area contributed by atoms with Crippen molar-refractivity contribution in [2.75, 3.05) is 6.61 Å². The molecule has 2 aromatic rings. The molecule has 2 nitrogen and oxygen atoms in total. The van der Waals surface area contributed by atoms with E-state index in [1.165, 1.54) is 0 Å². The molecule has 0 saturated heterocycles. The maximum Gasteiger partial charge on any atom is 0.217 e. The normalized spacial score (nSPS) is 14.0. The number of aryl methyl sites for hydroxylation is 1. The largest absolute Gasteiger partial charge is 0.477 e. The number of ether oxygens (including phenoxy) is 1. The molecule has 1 aliphatic heterocycles. The van der Waals surface area contributed by atoms with E-state index >= 15 is 0 Å². The number of aromatic nitrogens is 1. The van der Waals surface area contributed by atoms with Gasteiger partial charge in [-0.05, 0) is 24.6 Å². The second kappa shape index (κ2) is 3.11. The predicted molar refractivity (Wildman–Crippen MR) is 60.7 cm³/mol. The van der Waals surface area contributed by atoms with Crippen LogP contribution in [0.25, 0.3) is 10.9 Å². The summed E-state index contributed by atoms with van der Waals surface area (Å²) in [5.41, 5.74) is 3.24. The molecule has 0 atom stereocenters. The fourth-order valence-corrected chi connectivity index (χ4v) is 2.16. The fourth-order valence-electron chi connectivity index (χ4n) is 1.95. The Morgan fingerprint density at radius 3 is 3.13 bits per heavy atom. The minimum atomic E-state index is 0.731. The van der Waals surface area contributed by atoms with Gasteiger partial charge in [-0.1, -0.05) is 17.7 Å². The molecule has 0 aliphatic carbocycles. The third-order valence-electron chi connectivity index (χ3n) is 2.78. The lowest BCUT2D eigenvalue weighted by molar-refractivity contribution is 0.346. The van der Waals surface area contributed by atoms with Crippen molar-refractivity contribution in [1.29, 1.82) is 0 Å². The van der Waals surface area contributed by atoms with Crippen LogP contribution in [0.2, 0.25) is 5.02 Å². The molecule has 0 radical (unpaired) electrons. The van der Waals surface area contributed by atoms with Gasteiger partial charge >= 0.3 is 0 Å². The molecule has 0 bridgehead atoms. The summed E-state index contributed by atoms with van der Waals surface area (Å²) in [7, 11) is 0. The van der Waals surface area contributed by atoms with Crippen molar-refractivity contribution in [3.8, 4) is 5.88 Å². The SMILES string of the molecule is Cc1ccc(Cl)c2cc3c(nc12)OCC3. The Morgan fingerprint density at radius 2 is 2.27 bits per heavy atom. The summed E-state index contributed by atoms with van der Waals surface area (Å²) in [6, 6.07) is 6.00. The minimum Gasteiger partial charge on any atom is -0.477 e.